The van der Waals surface area contributed by atoms with Crippen LogP contribution in [-0.2, 0) is 4.74 Å². The molecule has 1 fully saturated rings. The third-order valence-corrected chi connectivity index (χ3v) is 4.13. The van der Waals surface area contributed by atoms with Crippen LogP contribution in [0.15, 0.2) is 30.8 Å². The second-order valence-corrected chi connectivity index (χ2v) is 5.25. The second kappa shape index (κ2) is 4.18. The Balaban J connectivity index is 1.89. The number of hydrogen-bond acceptors (Lipinski definition) is 3. The van der Waals surface area contributed by atoms with E-state index in [1.54, 1.807) is 11.0 Å². The molecular formula is C15H17NO3. The van der Waals surface area contributed by atoms with Crippen LogP contribution >= 0.6 is 0 Å². The maximum absolute atomic E-state index is 12.4. The Morgan fingerprint density at radius 2 is 2.16 bits per heavy atom. The first-order valence-electron chi connectivity index (χ1n) is 6.47. The van der Waals surface area contributed by atoms with Crippen LogP contribution in [0, 0.1) is 0 Å². The van der Waals surface area contributed by atoms with Gasteiger partial charge >= 0.3 is 0 Å². The number of aliphatic hydroxyl groups is 1. The summed E-state index contributed by atoms with van der Waals surface area (Å²) in [6.45, 7) is 6.58. The van der Waals surface area contributed by atoms with Gasteiger partial charge < -0.3 is 14.7 Å². The molecule has 2 aliphatic rings. The summed E-state index contributed by atoms with van der Waals surface area (Å²) in [5.41, 5.74) is 1.18. The van der Waals surface area contributed by atoms with Crippen molar-refractivity contribution >= 4 is 11.6 Å². The fourth-order valence-electron chi connectivity index (χ4n) is 2.75. The van der Waals surface area contributed by atoms with Gasteiger partial charge in [-0.1, -0.05) is 24.8 Å². The molecular weight excluding hydrogens is 242 g/mol. The van der Waals surface area contributed by atoms with Crippen molar-refractivity contribution in [3.05, 3.63) is 42.0 Å². The van der Waals surface area contributed by atoms with Crippen LogP contribution in [0.1, 0.15) is 29.3 Å². The predicted molar refractivity (Wildman–Crippen MR) is 71.5 cm³/mol. The second-order valence-electron chi connectivity index (χ2n) is 5.25. The van der Waals surface area contributed by atoms with Crippen LogP contribution in [0.2, 0.25) is 0 Å². The van der Waals surface area contributed by atoms with Gasteiger partial charge in [0.05, 0.1) is 12.6 Å². The van der Waals surface area contributed by atoms with Crippen molar-refractivity contribution in [3.63, 3.8) is 0 Å². The van der Waals surface area contributed by atoms with Crippen LogP contribution in [0.5, 0.6) is 0 Å². The number of ether oxygens (including phenoxy) is 1. The highest BCUT2D eigenvalue weighted by atomic mass is 16.5. The van der Waals surface area contributed by atoms with Crippen molar-refractivity contribution in [2.75, 3.05) is 13.2 Å². The number of nitrogens with zero attached hydrogens (tertiary/aromatic N) is 1. The predicted octanol–water partition coefficient (Wildman–Crippen LogP) is 1.65. The van der Waals surface area contributed by atoms with Gasteiger partial charge in [0.25, 0.3) is 5.91 Å². The van der Waals surface area contributed by atoms with E-state index in [0.717, 1.165) is 5.56 Å². The van der Waals surface area contributed by atoms with Crippen LogP contribution in [-0.4, -0.2) is 40.8 Å². The van der Waals surface area contributed by atoms with E-state index >= 15 is 0 Å². The molecule has 100 valence electrons. The lowest BCUT2D eigenvalue weighted by Gasteiger charge is -2.31. The van der Waals surface area contributed by atoms with Gasteiger partial charge in [-0.3, -0.25) is 4.79 Å². The molecule has 0 aliphatic carbocycles. The van der Waals surface area contributed by atoms with Crippen molar-refractivity contribution < 1.29 is 14.6 Å². The van der Waals surface area contributed by atoms with Gasteiger partial charge in [0, 0.05) is 29.9 Å². The van der Waals surface area contributed by atoms with E-state index < -0.39 is 5.60 Å². The fourth-order valence-corrected chi connectivity index (χ4v) is 2.75. The van der Waals surface area contributed by atoms with Crippen LogP contribution < -0.4 is 0 Å². The summed E-state index contributed by atoms with van der Waals surface area (Å²) in [5, 5.41) is 10.6. The standard InChI is InChI=1S/C15H17NO3/c1-10-12-5-3-4-6-13(12)14(17)16(10)9-15(18)7-8-19-11(15)2/h3-6,11,18H,1,7-9H2,2H3. The van der Waals surface area contributed by atoms with Gasteiger partial charge in [0.1, 0.15) is 5.60 Å². The molecule has 2 heterocycles. The molecule has 2 atom stereocenters. The zero-order chi connectivity index (χ0) is 13.6. The molecule has 1 aromatic carbocycles. The van der Waals surface area contributed by atoms with Crippen LogP contribution in [0.25, 0.3) is 5.70 Å². The molecule has 1 amide bonds. The first-order valence-corrected chi connectivity index (χ1v) is 6.47. The lowest BCUT2D eigenvalue weighted by atomic mass is 9.96. The van der Waals surface area contributed by atoms with E-state index in [-0.39, 0.29) is 18.6 Å². The highest BCUT2D eigenvalue weighted by Gasteiger charge is 2.44. The molecule has 1 N–H and O–H groups in total. The van der Waals surface area contributed by atoms with Gasteiger partial charge in [0.2, 0.25) is 0 Å². The highest BCUT2D eigenvalue weighted by Crippen LogP contribution is 2.35. The Kier molecular flexibility index (Phi) is 2.73. The largest absolute Gasteiger partial charge is 0.385 e. The van der Waals surface area contributed by atoms with Crippen molar-refractivity contribution in [2.24, 2.45) is 0 Å². The van der Waals surface area contributed by atoms with Crippen molar-refractivity contribution in [2.45, 2.75) is 25.0 Å². The fraction of sp³-hybridized carbons (Fsp3) is 0.400. The van der Waals surface area contributed by atoms with Gasteiger partial charge in [-0.25, -0.2) is 0 Å². The first-order chi connectivity index (χ1) is 9.03. The summed E-state index contributed by atoms with van der Waals surface area (Å²) in [4.78, 5) is 13.9. The van der Waals surface area contributed by atoms with Crippen molar-refractivity contribution in [3.8, 4) is 0 Å². The maximum atomic E-state index is 12.4. The molecule has 2 unspecified atom stereocenters. The summed E-state index contributed by atoms with van der Waals surface area (Å²) in [6, 6.07) is 7.40. The molecule has 0 bridgehead atoms. The quantitative estimate of drug-likeness (QED) is 0.878. The van der Waals surface area contributed by atoms with Crippen LogP contribution in [0.4, 0.5) is 0 Å². The minimum atomic E-state index is -0.985. The van der Waals surface area contributed by atoms with E-state index in [1.165, 1.54) is 0 Å². The molecule has 4 heteroatoms. The number of amides is 1. The van der Waals surface area contributed by atoms with E-state index in [9.17, 15) is 9.90 Å². The van der Waals surface area contributed by atoms with Crippen LogP contribution in [0.3, 0.4) is 0 Å². The third-order valence-electron chi connectivity index (χ3n) is 4.13. The van der Waals surface area contributed by atoms with Crippen molar-refractivity contribution in [1.82, 2.24) is 4.90 Å². The zero-order valence-corrected chi connectivity index (χ0v) is 10.9. The summed E-state index contributed by atoms with van der Waals surface area (Å²) < 4.78 is 5.41. The number of benzene rings is 1. The van der Waals surface area contributed by atoms with Gasteiger partial charge in [-0.2, -0.15) is 0 Å². The maximum Gasteiger partial charge on any atom is 0.259 e. The molecule has 1 aromatic rings. The van der Waals surface area contributed by atoms with Crippen molar-refractivity contribution in [1.29, 1.82) is 0 Å². The highest BCUT2D eigenvalue weighted by molar-refractivity contribution is 6.08. The molecule has 0 spiro atoms. The van der Waals surface area contributed by atoms with E-state index in [4.69, 9.17) is 4.74 Å². The lowest BCUT2D eigenvalue weighted by Crippen LogP contribution is -2.47. The normalized spacial score (nSPS) is 30.0. The average molecular weight is 259 g/mol. The molecule has 3 rings (SSSR count). The summed E-state index contributed by atoms with van der Waals surface area (Å²) in [5.74, 6) is -0.0897. The van der Waals surface area contributed by atoms with Gasteiger partial charge in [-0.05, 0) is 13.0 Å². The number of rotatable bonds is 2. The number of β-amino-alcohol motifs (C(OH)–C–C–N with tert-alkyl or cyclic N) is 1. The monoisotopic (exact) mass is 259 g/mol. The van der Waals surface area contributed by atoms with Gasteiger partial charge in [0.15, 0.2) is 0 Å². The number of carbonyl (C=O) groups excluding carboxylic acids is 1. The third kappa shape index (κ3) is 1.79. The zero-order valence-electron chi connectivity index (χ0n) is 10.9. The SMILES string of the molecule is C=C1c2ccccc2C(=O)N1CC1(O)CCOC1C. The number of carbonyl (C=O) groups is 1. The summed E-state index contributed by atoms with van der Waals surface area (Å²) in [6.07, 6.45) is 0.276. The minimum Gasteiger partial charge on any atom is -0.385 e. The topological polar surface area (TPSA) is 49.8 Å². The lowest BCUT2D eigenvalue weighted by molar-refractivity contribution is -0.0372. The Morgan fingerprint density at radius 3 is 2.74 bits per heavy atom. The van der Waals surface area contributed by atoms with E-state index in [1.807, 2.05) is 25.1 Å². The molecule has 2 aliphatic heterocycles. The minimum absolute atomic E-state index is 0.0897. The Hall–Kier alpha value is -1.65. The van der Waals surface area contributed by atoms with E-state index in [0.29, 0.717) is 24.3 Å². The Morgan fingerprint density at radius 1 is 1.47 bits per heavy atom. The Labute approximate surface area is 112 Å². The molecule has 4 nitrogen and oxygen atoms in total. The summed E-state index contributed by atoms with van der Waals surface area (Å²) >= 11 is 0. The first kappa shape index (κ1) is 12.4. The van der Waals surface area contributed by atoms with Gasteiger partial charge in [-0.15, -0.1) is 0 Å². The Bertz CT molecular complexity index is 519. The molecule has 0 saturated carbocycles. The summed E-state index contributed by atoms with van der Waals surface area (Å²) in [7, 11) is 0. The molecule has 0 aromatic heterocycles. The van der Waals surface area contributed by atoms with E-state index in [2.05, 4.69) is 6.58 Å². The molecule has 0 radical (unpaired) electrons. The molecule has 19 heavy (non-hydrogen) atoms. The number of hydrogen-bond donors (Lipinski definition) is 1. The average Bonchev–Trinajstić information content (AvgIpc) is 2.85. The molecule has 1 saturated heterocycles. The smallest absolute Gasteiger partial charge is 0.259 e. The number of fused-ring (bicyclic) bond motifs is 1.